The van der Waals surface area contributed by atoms with Gasteiger partial charge in [-0.2, -0.15) is 13.2 Å². The van der Waals surface area contributed by atoms with E-state index < -0.39 is 18.8 Å². The van der Waals surface area contributed by atoms with Crippen LogP contribution in [-0.2, 0) is 0 Å². The van der Waals surface area contributed by atoms with Crippen LogP contribution in [0.4, 0.5) is 13.2 Å². The largest absolute Gasteiger partial charge is 0.484 e. The molecule has 3 heterocycles. The van der Waals surface area contributed by atoms with Crippen LogP contribution in [0.2, 0.25) is 0 Å². The molecule has 2 aliphatic rings. The van der Waals surface area contributed by atoms with Crippen molar-refractivity contribution in [2.24, 2.45) is 0 Å². The fraction of sp³-hybridized carbons (Fsp3) is 0.167. The molecule has 0 bridgehead atoms. The molecule has 1 spiro atoms. The highest BCUT2D eigenvalue weighted by Crippen LogP contribution is 2.56. The predicted molar refractivity (Wildman–Crippen MR) is 68.5 cm³/mol. The van der Waals surface area contributed by atoms with Crippen LogP contribution in [0.15, 0.2) is 12.6 Å². The highest BCUT2D eigenvalue weighted by atomic mass is 31.2. The molecule has 0 saturated carbocycles. The van der Waals surface area contributed by atoms with Gasteiger partial charge in [-0.1, -0.05) is 6.58 Å². The van der Waals surface area contributed by atoms with Crippen LogP contribution < -0.4 is 15.1 Å². The van der Waals surface area contributed by atoms with Gasteiger partial charge in [0.2, 0.25) is 0 Å². The molecule has 1 aromatic heterocycles. The van der Waals surface area contributed by atoms with Gasteiger partial charge in [-0.25, -0.2) is 4.98 Å². The summed E-state index contributed by atoms with van der Waals surface area (Å²) in [4.78, 5) is 3.82. The highest BCUT2D eigenvalue weighted by Gasteiger charge is 2.41. The first-order chi connectivity index (χ1) is 8.87. The Balaban J connectivity index is 2.18. The summed E-state index contributed by atoms with van der Waals surface area (Å²) < 4.78 is 43.5. The lowest BCUT2D eigenvalue weighted by Crippen LogP contribution is -2.14. The molecule has 1 unspecified atom stereocenters. The first-order valence-corrected chi connectivity index (χ1v) is 7.33. The number of terminal acetylenes is 1. The Morgan fingerprint density at radius 2 is 2.26 bits per heavy atom. The van der Waals surface area contributed by atoms with E-state index in [0.29, 0.717) is 17.4 Å². The van der Waals surface area contributed by atoms with Crippen molar-refractivity contribution in [1.29, 1.82) is 0 Å². The zero-order valence-corrected chi connectivity index (χ0v) is 10.5. The van der Waals surface area contributed by atoms with Crippen LogP contribution in [0.5, 0.6) is 5.75 Å². The number of rotatable bonds is 1. The van der Waals surface area contributed by atoms with Gasteiger partial charge in [-0.15, -0.1) is 6.42 Å². The molecule has 19 heavy (non-hydrogen) atoms. The van der Waals surface area contributed by atoms with Crippen molar-refractivity contribution >= 4 is 23.8 Å². The first-order valence-electron chi connectivity index (χ1n) is 5.29. The van der Waals surface area contributed by atoms with Gasteiger partial charge >= 0.3 is 6.18 Å². The topological polar surface area (TPSA) is 44.1 Å². The smallest absolute Gasteiger partial charge is 0.417 e. The van der Waals surface area contributed by atoms with Gasteiger partial charge in [0.15, 0.2) is 11.4 Å². The second kappa shape index (κ2) is 3.66. The second-order valence-corrected chi connectivity index (χ2v) is 7.22. The molecule has 1 atom stereocenters. The van der Waals surface area contributed by atoms with Crippen LogP contribution >= 0.6 is 7.04 Å². The standard InChI is InChI=1S/C12H8F3N2OP/c1-3-8-11-10(19(5-16-19)6-18-11)4-9(17-8)7(2)12(13,14)15/h1,4-5,16H,2,6H2. The second-order valence-electron chi connectivity index (χ2n) is 4.23. The molecule has 0 radical (unpaired) electrons. The molecule has 0 saturated heterocycles. The quantitative estimate of drug-likeness (QED) is 0.633. The summed E-state index contributed by atoms with van der Waals surface area (Å²) in [6.07, 6.45) is 1.18. The number of hydrogen-bond acceptors (Lipinski definition) is 3. The van der Waals surface area contributed by atoms with E-state index in [1.54, 1.807) is 0 Å². The van der Waals surface area contributed by atoms with Gasteiger partial charge in [0, 0.05) is 12.3 Å². The SMILES string of the molecule is C#Cc1nc(C(=C)C(F)(F)F)cc2c1OCP21=CN1. The molecule has 7 heteroatoms. The monoisotopic (exact) mass is 284 g/mol. The molecule has 3 nitrogen and oxygen atoms in total. The highest BCUT2D eigenvalue weighted by molar-refractivity contribution is 7.88. The van der Waals surface area contributed by atoms with Gasteiger partial charge < -0.3 is 4.74 Å². The Morgan fingerprint density at radius 3 is 2.79 bits per heavy atom. The van der Waals surface area contributed by atoms with Crippen LogP contribution in [0.1, 0.15) is 11.4 Å². The number of halogens is 3. The molecular weight excluding hydrogens is 276 g/mol. The van der Waals surface area contributed by atoms with E-state index in [1.165, 1.54) is 6.07 Å². The van der Waals surface area contributed by atoms with Gasteiger partial charge in [0.05, 0.1) is 11.3 Å². The number of ether oxygens (including phenoxy) is 1. The molecule has 0 fully saturated rings. The summed E-state index contributed by atoms with van der Waals surface area (Å²) in [6, 6.07) is 1.38. The van der Waals surface area contributed by atoms with E-state index in [2.05, 4.69) is 22.6 Å². The Morgan fingerprint density at radius 1 is 1.58 bits per heavy atom. The Bertz CT molecular complexity index is 700. The molecule has 0 aliphatic carbocycles. The minimum atomic E-state index is -4.53. The van der Waals surface area contributed by atoms with Crippen molar-refractivity contribution in [2.75, 3.05) is 6.35 Å². The van der Waals surface area contributed by atoms with E-state index in [-0.39, 0.29) is 11.4 Å². The summed E-state index contributed by atoms with van der Waals surface area (Å²) in [5, 5.41) is 3.77. The average Bonchev–Trinajstić information content (AvgIpc) is 3.04. The van der Waals surface area contributed by atoms with Crippen LogP contribution in [0.25, 0.3) is 5.57 Å². The Labute approximate surface area is 107 Å². The van der Waals surface area contributed by atoms with Gasteiger partial charge in [-0.05, 0) is 17.9 Å². The van der Waals surface area contributed by atoms with Crippen molar-refractivity contribution < 1.29 is 17.9 Å². The summed E-state index contributed by atoms with van der Waals surface area (Å²) in [6.45, 7) is 3.05. The number of hydrogen-bond donors (Lipinski definition) is 1. The van der Waals surface area contributed by atoms with E-state index in [4.69, 9.17) is 11.2 Å². The minimum absolute atomic E-state index is 0.0943. The molecule has 1 N–H and O–H groups in total. The number of alkyl halides is 3. The fourth-order valence-electron chi connectivity index (χ4n) is 1.88. The molecule has 2 aliphatic heterocycles. The maximum Gasteiger partial charge on any atom is 0.417 e. The third kappa shape index (κ3) is 1.78. The first kappa shape index (κ1) is 12.3. The van der Waals surface area contributed by atoms with Gasteiger partial charge in [-0.3, -0.25) is 5.09 Å². The number of nitrogens with zero attached hydrogens (tertiary/aromatic N) is 1. The summed E-state index contributed by atoms with van der Waals surface area (Å²) in [7, 11) is -1.73. The van der Waals surface area contributed by atoms with Crippen LogP contribution in [0.3, 0.4) is 0 Å². The summed E-state index contributed by atoms with van der Waals surface area (Å²) in [5.41, 5.74) is -1.15. The Kier molecular flexibility index (Phi) is 2.38. The lowest BCUT2D eigenvalue weighted by Gasteiger charge is -2.11. The van der Waals surface area contributed by atoms with Gasteiger partial charge in [0.1, 0.15) is 6.35 Å². The normalized spacial score (nSPS) is 23.3. The number of nitrogens with one attached hydrogen (secondary N) is 1. The average molecular weight is 284 g/mol. The van der Waals surface area contributed by atoms with Crippen molar-refractivity contribution in [3.63, 3.8) is 0 Å². The van der Waals surface area contributed by atoms with Crippen LogP contribution in [-0.4, -0.2) is 23.4 Å². The number of allylic oxidation sites excluding steroid dienone is 1. The lowest BCUT2D eigenvalue weighted by atomic mass is 10.1. The number of pyridine rings is 1. The maximum atomic E-state index is 12.7. The third-order valence-corrected chi connectivity index (χ3v) is 5.63. The van der Waals surface area contributed by atoms with E-state index in [0.717, 1.165) is 0 Å². The molecule has 3 rings (SSSR count). The van der Waals surface area contributed by atoms with Crippen molar-refractivity contribution in [2.45, 2.75) is 6.18 Å². The van der Waals surface area contributed by atoms with Crippen molar-refractivity contribution in [1.82, 2.24) is 10.1 Å². The van der Waals surface area contributed by atoms with Crippen molar-refractivity contribution in [3.8, 4) is 18.1 Å². The lowest BCUT2D eigenvalue weighted by molar-refractivity contribution is -0.0688. The zero-order valence-electron chi connectivity index (χ0n) is 9.58. The van der Waals surface area contributed by atoms with E-state index in [9.17, 15) is 13.2 Å². The molecule has 0 aromatic carbocycles. The van der Waals surface area contributed by atoms with E-state index in [1.807, 2.05) is 5.92 Å². The number of aromatic nitrogens is 1. The summed E-state index contributed by atoms with van der Waals surface area (Å²) >= 11 is 0. The number of fused-ring (bicyclic) bond motifs is 2. The van der Waals surface area contributed by atoms with Gasteiger partial charge in [0.25, 0.3) is 0 Å². The molecule has 0 amide bonds. The Hall–Kier alpha value is -1.70. The predicted octanol–water partition coefficient (Wildman–Crippen LogP) is 1.91. The summed E-state index contributed by atoms with van der Waals surface area (Å²) in [5.74, 6) is 4.54. The van der Waals surface area contributed by atoms with Crippen LogP contribution in [0, 0.1) is 12.3 Å². The molecular formula is C12H8F3N2OP. The third-order valence-electron chi connectivity index (χ3n) is 3.02. The molecule has 98 valence electrons. The minimum Gasteiger partial charge on any atom is -0.484 e. The van der Waals surface area contributed by atoms with E-state index >= 15 is 0 Å². The van der Waals surface area contributed by atoms with Crippen molar-refractivity contribution in [3.05, 3.63) is 24.0 Å². The molecule has 1 aromatic rings. The fourth-order valence-corrected chi connectivity index (χ4v) is 4.22. The maximum absolute atomic E-state index is 12.7. The zero-order chi connectivity index (χ0) is 13.8.